The fourth-order valence-electron chi connectivity index (χ4n) is 2.98. The molecule has 0 fully saturated rings. The number of halogens is 6. The van der Waals surface area contributed by atoms with Gasteiger partial charge in [-0.3, -0.25) is 0 Å². The van der Waals surface area contributed by atoms with E-state index in [2.05, 4.69) is 11.7 Å². The molecule has 0 aliphatic carbocycles. The lowest BCUT2D eigenvalue weighted by molar-refractivity contribution is -0.180. The minimum Gasteiger partial charge on any atom is -0.432 e. The molecule has 0 amide bonds. The minimum absolute atomic E-state index is 0.0264. The number of fused-ring (bicyclic) bond motifs is 1. The molecule has 0 spiro atoms. The van der Waals surface area contributed by atoms with E-state index in [4.69, 9.17) is 0 Å². The average Bonchev–Trinajstić information content (AvgIpc) is 3.01. The van der Waals surface area contributed by atoms with Gasteiger partial charge in [0, 0.05) is 15.6 Å². The molecule has 0 atom stereocenters. The van der Waals surface area contributed by atoms with Crippen LogP contribution in [0.25, 0.3) is 10.1 Å². The number of hydrogen-bond donors (Lipinski definition) is 0. The highest BCUT2D eigenvalue weighted by Gasteiger charge is 2.36. The molecule has 3 aromatic rings. The largest absolute Gasteiger partial charge is 0.432 e. The molecule has 0 saturated heterocycles. The fourth-order valence-corrected chi connectivity index (χ4v) is 4.11. The molecular formula is C21H18F6OS. The van der Waals surface area contributed by atoms with Crippen molar-refractivity contribution in [3.8, 4) is 5.75 Å². The van der Waals surface area contributed by atoms with Crippen LogP contribution in [0, 0.1) is 5.82 Å². The van der Waals surface area contributed by atoms with Crippen LogP contribution >= 0.6 is 11.3 Å². The summed E-state index contributed by atoms with van der Waals surface area (Å²) in [5, 5.41) is 0.971. The van der Waals surface area contributed by atoms with E-state index in [0.717, 1.165) is 27.8 Å². The minimum atomic E-state index is -4.90. The maximum Gasteiger partial charge on any atom is 0.419 e. The van der Waals surface area contributed by atoms with E-state index in [1.165, 1.54) is 16.9 Å². The SMILES string of the molecule is CCCc1ccc2cc(CCC(F)(F)Oc3ccc(C(F)(F)F)c(F)c3)sc2c1. The van der Waals surface area contributed by atoms with Gasteiger partial charge in [-0.05, 0) is 48.1 Å². The van der Waals surface area contributed by atoms with Crippen molar-refractivity contribution in [1.29, 1.82) is 0 Å². The fraction of sp³-hybridized carbons (Fsp3) is 0.333. The van der Waals surface area contributed by atoms with Crippen LogP contribution in [0.4, 0.5) is 26.3 Å². The predicted octanol–water partition coefficient (Wildman–Crippen LogP) is 7.62. The molecule has 0 unspecified atom stereocenters. The van der Waals surface area contributed by atoms with Gasteiger partial charge in [-0.2, -0.15) is 22.0 Å². The summed E-state index contributed by atoms with van der Waals surface area (Å²) >= 11 is 1.42. The summed E-state index contributed by atoms with van der Waals surface area (Å²) in [5.74, 6) is -2.31. The van der Waals surface area contributed by atoms with Gasteiger partial charge in [0.2, 0.25) is 0 Å². The third-order valence-corrected chi connectivity index (χ3v) is 5.51. The van der Waals surface area contributed by atoms with Crippen molar-refractivity contribution in [3.63, 3.8) is 0 Å². The first-order valence-corrected chi connectivity index (χ1v) is 9.84. The predicted molar refractivity (Wildman–Crippen MR) is 101 cm³/mol. The Morgan fingerprint density at radius 2 is 1.69 bits per heavy atom. The van der Waals surface area contributed by atoms with Crippen molar-refractivity contribution in [2.75, 3.05) is 0 Å². The van der Waals surface area contributed by atoms with Gasteiger partial charge >= 0.3 is 12.3 Å². The number of alkyl halides is 5. The van der Waals surface area contributed by atoms with E-state index in [1.54, 1.807) is 0 Å². The van der Waals surface area contributed by atoms with Crippen molar-refractivity contribution in [2.24, 2.45) is 0 Å². The second-order valence-corrected chi connectivity index (χ2v) is 7.88. The zero-order valence-corrected chi connectivity index (χ0v) is 16.3. The Balaban J connectivity index is 1.66. The van der Waals surface area contributed by atoms with E-state index >= 15 is 0 Å². The summed E-state index contributed by atoms with van der Waals surface area (Å²) in [6, 6.07) is 9.26. The number of hydrogen-bond acceptors (Lipinski definition) is 2. The first kappa shape index (κ1) is 21.5. The van der Waals surface area contributed by atoms with Gasteiger partial charge < -0.3 is 4.74 Å². The van der Waals surface area contributed by atoms with Crippen LogP contribution in [0.15, 0.2) is 42.5 Å². The number of aryl methyl sites for hydroxylation is 2. The normalized spacial score (nSPS) is 12.5. The van der Waals surface area contributed by atoms with Crippen molar-refractivity contribution >= 4 is 21.4 Å². The molecule has 0 aliphatic rings. The highest BCUT2D eigenvalue weighted by Crippen LogP contribution is 2.35. The van der Waals surface area contributed by atoms with Crippen LogP contribution in [0.2, 0.25) is 0 Å². The molecule has 0 saturated carbocycles. The topological polar surface area (TPSA) is 9.23 Å². The lowest BCUT2D eigenvalue weighted by atomic mass is 10.1. The van der Waals surface area contributed by atoms with Gasteiger partial charge in [0.1, 0.15) is 11.6 Å². The molecule has 29 heavy (non-hydrogen) atoms. The van der Waals surface area contributed by atoms with Crippen LogP contribution < -0.4 is 4.74 Å². The van der Waals surface area contributed by atoms with E-state index in [-0.39, 0.29) is 6.42 Å². The Kier molecular flexibility index (Phi) is 6.12. The van der Waals surface area contributed by atoms with Crippen LogP contribution in [-0.2, 0) is 19.0 Å². The highest BCUT2D eigenvalue weighted by molar-refractivity contribution is 7.19. The standard InChI is InChI=1S/C21H18F6OS/c1-2-3-13-4-5-14-11-16(29-19(14)10-13)8-9-20(23,24)28-15-6-7-17(18(22)12-15)21(25,26)27/h4-7,10-12H,2-3,8-9H2,1H3. The second-order valence-electron chi connectivity index (χ2n) is 6.71. The molecular weight excluding hydrogens is 414 g/mol. The van der Waals surface area contributed by atoms with Gasteiger partial charge in [-0.15, -0.1) is 11.3 Å². The molecule has 0 radical (unpaired) electrons. The van der Waals surface area contributed by atoms with E-state index in [9.17, 15) is 26.3 Å². The molecule has 3 rings (SSSR count). The Labute approximate surface area is 167 Å². The quantitative estimate of drug-likeness (QED) is 0.349. The number of thiophene rings is 1. The Hall–Kier alpha value is -2.22. The van der Waals surface area contributed by atoms with Gasteiger partial charge in [0.25, 0.3) is 0 Å². The maximum absolute atomic E-state index is 14.1. The van der Waals surface area contributed by atoms with E-state index in [0.29, 0.717) is 18.2 Å². The van der Waals surface area contributed by atoms with Crippen molar-refractivity contribution in [2.45, 2.75) is 44.9 Å². The zero-order valence-electron chi connectivity index (χ0n) is 15.5. The van der Waals surface area contributed by atoms with Crippen LogP contribution in [0.3, 0.4) is 0 Å². The maximum atomic E-state index is 14.1. The van der Waals surface area contributed by atoms with Gasteiger partial charge in [0.05, 0.1) is 12.0 Å². The summed E-state index contributed by atoms with van der Waals surface area (Å²) in [6.45, 7) is 2.08. The van der Waals surface area contributed by atoms with E-state index < -0.39 is 35.8 Å². The molecule has 0 bridgehead atoms. The molecule has 2 aromatic carbocycles. The molecule has 8 heteroatoms. The average molecular weight is 432 g/mol. The van der Waals surface area contributed by atoms with Crippen LogP contribution in [0.1, 0.15) is 35.8 Å². The summed E-state index contributed by atoms with van der Waals surface area (Å²) in [5.41, 5.74) is -0.340. The molecule has 156 valence electrons. The van der Waals surface area contributed by atoms with E-state index in [1.807, 2.05) is 24.3 Å². The Morgan fingerprint density at radius 1 is 0.931 bits per heavy atom. The second kappa shape index (κ2) is 8.26. The smallest absolute Gasteiger partial charge is 0.419 e. The lowest BCUT2D eigenvalue weighted by Gasteiger charge is -2.18. The van der Waals surface area contributed by atoms with Crippen molar-refractivity contribution in [3.05, 3.63) is 64.3 Å². The molecule has 1 heterocycles. The van der Waals surface area contributed by atoms with Gasteiger partial charge in [0.15, 0.2) is 0 Å². The summed E-state index contributed by atoms with van der Waals surface area (Å²) in [6.07, 6.45) is -7.24. The third-order valence-electron chi connectivity index (χ3n) is 4.35. The summed E-state index contributed by atoms with van der Waals surface area (Å²) in [4.78, 5) is 0.746. The molecule has 0 N–H and O–H groups in total. The molecule has 1 nitrogen and oxygen atoms in total. The summed E-state index contributed by atoms with van der Waals surface area (Å²) < 4.78 is 84.9. The van der Waals surface area contributed by atoms with Crippen molar-refractivity contribution < 1.29 is 31.1 Å². The third kappa shape index (κ3) is 5.44. The Morgan fingerprint density at radius 3 is 2.34 bits per heavy atom. The van der Waals surface area contributed by atoms with Gasteiger partial charge in [-0.1, -0.05) is 25.5 Å². The summed E-state index contributed by atoms with van der Waals surface area (Å²) in [7, 11) is 0. The van der Waals surface area contributed by atoms with Crippen molar-refractivity contribution in [1.82, 2.24) is 0 Å². The Bertz CT molecular complexity index is 992. The van der Waals surface area contributed by atoms with Crippen LogP contribution in [-0.4, -0.2) is 6.11 Å². The highest BCUT2D eigenvalue weighted by atomic mass is 32.1. The monoisotopic (exact) mass is 432 g/mol. The zero-order chi connectivity index (χ0) is 21.2. The number of ether oxygens (including phenoxy) is 1. The number of benzene rings is 2. The molecule has 0 aliphatic heterocycles. The lowest BCUT2D eigenvalue weighted by Crippen LogP contribution is -2.25. The first-order valence-electron chi connectivity index (χ1n) is 9.02. The van der Waals surface area contributed by atoms with Crippen LogP contribution in [0.5, 0.6) is 5.75 Å². The first-order chi connectivity index (χ1) is 13.6. The molecule has 1 aromatic heterocycles. The van der Waals surface area contributed by atoms with Gasteiger partial charge in [-0.25, -0.2) is 4.39 Å². The number of rotatable bonds is 7.